The van der Waals surface area contributed by atoms with Crippen molar-refractivity contribution < 1.29 is 4.42 Å². The van der Waals surface area contributed by atoms with E-state index in [4.69, 9.17) is 4.42 Å². The first-order chi connectivity index (χ1) is 23.3. The maximum absolute atomic E-state index is 6.26. The second-order valence-electron chi connectivity index (χ2n) is 12.4. The summed E-state index contributed by atoms with van der Waals surface area (Å²) in [5.74, 6) is 0. The molecule has 0 atom stereocenters. The van der Waals surface area contributed by atoms with Gasteiger partial charge in [-0.1, -0.05) is 151 Å². The number of hydrogen-bond donors (Lipinski definition) is 0. The van der Waals surface area contributed by atoms with Gasteiger partial charge in [-0.15, -0.1) is 0 Å². The van der Waals surface area contributed by atoms with E-state index in [-0.39, 0.29) is 0 Å². The van der Waals surface area contributed by atoms with Gasteiger partial charge < -0.3 is 4.42 Å². The summed E-state index contributed by atoms with van der Waals surface area (Å²) in [6.45, 7) is 0. The lowest BCUT2D eigenvalue weighted by molar-refractivity contribution is 0.669. The second kappa shape index (κ2) is 10.2. The number of furan rings is 1. The van der Waals surface area contributed by atoms with Gasteiger partial charge in [-0.25, -0.2) is 0 Å². The smallest absolute Gasteiger partial charge is 0.136 e. The van der Waals surface area contributed by atoms with Crippen LogP contribution < -0.4 is 0 Å². The molecular weight excluding hydrogens is 589 g/mol. The van der Waals surface area contributed by atoms with Gasteiger partial charge in [0.1, 0.15) is 11.2 Å². The highest BCUT2D eigenvalue weighted by atomic mass is 32.2. The first-order valence-electron chi connectivity index (χ1n) is 16.1. The van der Waals surface area contributed by atoms with Crippen molar-refractivity contribution in [3.05, 3.63) is 192 Å². The summed E-state index contributed by atoms with van der Waals surface area (Å²) in [7, 11) is 0. The lowest BCUT2D eigenvalue weighted by atomic mass is 9.62. The molecule has 0 aliphatic carbocycles. The van der Waals surface area contributed by atoms with Gasteiger partial charge in [-0.2, -0.15) is 0 Å². The van der Waals surface area contributed by atoms with Crippen molar-refractivity contribution in [1.29, 1.82) is 0 Å². The van der Waals surface area contributed by atoms with Crippen LogP contribution in [0.4, 0.5) is 0 Å². The molecule has 1 aromatic heterocycles. The molecule has 1 aliphatic rings. The summed E-state index contributed by atoms with van der Waals surface area (Å²) in [6.07, 6.45) is 0. The van der Waals surface area contributed by atoms with Crippen molar-refractivity contribution in [3.8, 4) is 11.1 Å². The van der Waals surface area contributed by atoms with E-state index < -0.39 is 5.41 Å². The van der Waals surface area contributed by atoms with Crippen LogP contribution in [0.25, 0.3) is 54.6 Å². The van der Waals surface area contributed by atoms with E-state index >= 15 is 0 Å². The predicted octanol–water partition coefficient (Wildman–Crippen LogP) is 12.4. The SMILES string of the molecule is c1ccc(C2(c3ccc(-c4ccc5c(c4)oc4ccccc45)cc3)c3c(ccc4ccccc34)Sc3ccc4ccccc4c32)cc1. The van der Waals surface area contributed by atoms with Crippen LogP contribution >= 0.6 is 11.8 Å². The number of rotatable bonds is 3. The molecule has 2 heterocycles. The Labute approximate surface area is 277 Å². The van der Waals surface area contributed by atoms with Gasteiger partial charge in [0.15, 0.2) is 0 Å². The summed E-state index contributed by atoms with van der Waals surface area (Å²) in [5.41, 5.74) is 8.85. The maximum atomic E-state index is 6.26. The third-order valence-corrected chi connectivity index (χ3v) is 11.1. The molecule has 10 rings (SSSR count). The maximum Gasteiger partial charge on any atom is 0.136 e. The fraction of sp³-hybridized carbons (Fsp3) is 0.0222. The number of para-hydroxylation sites is 1. The Morgan fingerprint density at radius 3 is 1.60 bits per heavy atom. The lowest BCUT2D eigenvalue weighted by Gasteiger charge is -2.43. The average molecular weight is 617 g/mol. The third-order valence-electron chi connectivity index (χ3n) is 9.99. The van der Waals surface area contributed by atoms with Crippen molar-refractivity contribution in [3.63, 3.8) is 0 Å². The van der Waals surface area contributed by atoms with Crippen molar-refractivity contribution in [2.24, 2.45) is 0 Å². The average Bonchev–Trinajstić information content (AvgIpc) is 3.52. The minimum absolute atomic E-state index is 0.542. The predicted molar refractivity (Wildman–Crippen MR) is 197 cm³/mol. The molecule has 47 heavy (non-hydrogen) atoms. The zero-order valence-electron chi connectivity index (χ0n) is 25.5. The molecular formula is C45H28OS. The third kappa shape index (κ3) is 3.86. The van der Waals surface area contributed by atoms with E-state index in [1.807, 2.05) is 23.9 Å². The van der Waals surface area contributed by atoms with Gasteiger partial charge in [-0.3, -0.25) is 0 Å². The topological polar surface area (TPSA) is 13.1 Å². The molecule has 0 radical (unpaired) electrons. The number of hydrogen-bond acceptors (Lipinski definition) is 2. The summed E-state index contributed by atoms with van der Waals surface area (Å²) in [6, 6.07) is 62.2. The Morgan fingerprint density at radius 2 is 0.915 bits per heavy atom. The lowest BCUT2D eigenvalue weighted by Crippen LogP contribution is -2.34. The summed E-state index contributed by atoms with van der Waals surface area (Å²) >= 11 is 1.90. The Hall–Kier alpha value is -5.57. The molecule has 0 N–H and O–H groups in total. The first-order valence-corrected chi connectivity index (χ1v) is 16.9. The van der Waals surface area contributed by atoms with Crippen molar-refractivity contribution >= 4 is 55.2 Å². The Balaban J connectivity index is 1.27. The van der Waals surface area contributed by atoms with E-state index in [1.165, 1.54) is 59.2 Å². The zero-order valence-corrected chi connectivity index (χ0v) is 26.3. The molecule has 0 unspecified atom stereocenters. The van der Waals surface area contributed by atoms with Crippen LogP contribution in [0, 0.1) is 0 Å². The highest BCUT2D eigenvalue weighted by Gasteiger charge is 2.46. The molecule has 0 saturated heterocycles. The van der Waals surface area contributed by atoms with Crippen molar-refractivity contribution in [2.75, 3.05) is 0 Å². The van der Waals surface area contributed by atoms with Gasteiger partial charge in [0.05, 0.1) is 5.41 Å². The molecule has 1 aliphatic heterocycles. The largest absolute Gasteiger partial charge is 0.456 e. The second-order valence-corrected chi connectivity index (χ2v) is 13.5. The molecule has 8 aromatic carbocycles. The van der Waals surface area contributed by atoms with Gasteiger partial charge in [-0.05, 0) is 85.3 Å². The van der Waals surface area contributed by atoms with E-state index in [1.54, 1.807) is 0 Å². The fourth-order valence-corrected chi connectivity index (χ4v) is 9.18. The zero-order chi connectivity index (χ0) is 31.0. The monoisotopic (exact) mass is 616 g/mol. The van der Waals surface area contributed by atoms with Crippen LogP contribution in [-0.2, 0) is 5.41 Å². The Kier molecular flexibility index (Phi) is 5.79. The minimum atomic E-state index is -0.542. The molecule has 1 nitrogen and oxygen atoms in total. The van der Waals surface area contributed by atoms with Crippen LogP contribution in [0.3, 0.4) is 0 Å². The van der Waals surface area contributed by atoms with E-state index in [9.17, 15) is 0 Å². The Morgan fingerprint density at radius 1 is 0.383 bits per heavy atom. The molecule has 0 fully saturated rings. The van der Waals surface area contributed by atoms with E-state index in [2.05, 4.69) is 158 Å². The first kappa shape index (κ1) is 26.6. The van der Waals surface area contributed by atoms with Gasteiger partial charge >= 0.3 is 0 Å². The van der Waals surface area contributed by atoms with E-state index in [0.717, 1.165) is 27.5 Å². The van der Waals surface area contributed by atoms with Gasteiger partial charge in [0, 0.05) is 20.6 Å². The summed E-state index contributed by atoms with van der Waals surface area (Å²) in [5, 5.41) is 7.40. The molecule has 2 heteroatoms. The van der Waals surface area contributed by atoms with Crippen LogP contribution in [0.1, 0.15) is 22.3 Å². The van der Waals surface area contributed by atoms with Crippen LogP contribution in [0.15, 0.2) is 184 Å². The fourth-order valence-electron chi connectivity index (χ4n) is 7.94. The molecule has 220 valence electrons. The van der Waals surface area contributed by atoms with Crippen molar-refractivity contribution in [2.45, 2.75) is 15.2 Å². The highest BCUT2D eigenvalue weighted by molar-refractivity contribution is 7.99. The quantitative estimate of drug-likeness (QED) is 0.196. The van der Waals surface area contributed by atoms with Crippen LogP contribution in [0.5, 0.6) is 0 Å². The van der Waals surface area contributed by atoms with Crippen LogP contribution in [0.2, 0.25) is 0 Å². The highest BCUT2D eigenvalue weighted by Crippen LogP contribution is 2.59. The van der Waals surface area contributed by atoms with E-state index in [0.29, 0.717) is 0 Å². The Bertz CT molecular complexity index is 2560. The summed E-state index contributed by atoms with van der Waals surface area (Å²) in [4.78, 5) is 2.60. The molecule has 0 spiro atoms. The normalized spacial score (nSPS) is 13.6. The molecule has 0 bridgehead atoms. The number of fused-ring (bicyclic) bond motifs is 9. The molecule has 0 saturated carbocycles. The molecule has 0 amide bonds. The van der Waals surface area contributed by atoms with Crippen molar-refractivity contribution in [1.82, 2.24) is 0 Å². The standard InChI is InChI=1S/C45H28OS/c1-2-12-33(13-3-1)45(34-23-18-29(19-24-34)32-20-25-38-37-16-8-9-17-39(37)46-40(38)28-32)43-35-14-6-4-10-30(35)21-26-41(43)47-42-27-22-31-11-5-7-15-36(31)44(42)45/h1-28H. The molecule has 9 aromatic rings. The van der Waals surface area contributed by atoms with Crippen LogP contribution in [-0.4, -0.2) is 0 Å². The number of benzene rings is 8. The minimum Gasteiger partial charge on any atom is -0.456 e. The van der Waals surface area contributed by atoms with Gasteiger partial charge in [0.2, 0.25) is 0 Å². The summed E-state index contributed by atoms with van der Waals surface area (Å²) < 4.78 is 6.26. The van der Waals surface area contributed by atoms with Gasteiger partial charge in [0.25, 0.3) is 0 Å².